The highest BCUT2D eigenvalue weighted by molar-refractivity contribution is 5.57. The first-order chi connectivity index (χ1) is 9.67. The molecule has 0 amide bonds. The second kappa shape index (κ2) is 7.07. The quantitative estimate of drug-likeness (QED) is 0.773. The van der Waals surface area contributed by atoms with Crippen LogP contribution in [0.2, 0.25) is 0 Å². The van der Waals surface area contributed by atoms with Gasteiger partial charge in [0.2, 0.25) is 0 Å². The molecule has 1 aromatic carbocycles. The van der Waals surface area contributed by atoms with Crippen molar-refractivity contribution in [3.05, 3.63) is 29.3 Å². The van der Waals surface area contributed by atoms with Crippen molar-refractivity contribution in [2.75, 3.05) is 5.32 Å². The van der Waals surface area contributed by atoms with Crippen molar-refractivity contribution >= 4 is 5.69 Å². The SMILES string of the molecule is CCCC1CCCC(Nc2c(C)cccc2C)C1NF. The Morgan fingerprint density at radius 2 is 1.90 bits per heavy atom. The average molecular weight is 278 g/mol. The van der Waals surface area contributed by atoms with Crippen molar-refractivity contribution in [2.45, 2.75) is 65.0 Å². The number of aryl methyl sites for hydroxylation is 2. The third kappa shape index (κ3) is 3.32. The summed E-state index contributed by atoms with van der Waals surface area (Å²) in [5.41, 5.74) is 5.73. The number of para-hydroxylation sites is 1. The van der Waals surface area contributed by atoms with E-state index in [0.717, 1.165) is 25.7 Å². The van der Waals surface area contributed by atoms with E-state index < -0.39 is 0 Å². The highest BCUT2D eigenvalue weighted by Gasteiger charge is 2.33. The van der Waals surface area contributed by atoms with E-state index in [2.05, 4.69) is 49.8 Å². The van der Waals surface area contributed by atoms with Crippen LogP contribution in [-0.2, 0) is 0 Å². The van der Waals surface area contributed by atoms with Crippen LogP contribution in [0.5, 0.6) is 0 Å². The molecule has 2 N–H and O–H groups in total. The van der Waals surface area contributed by atoms with E-state index in [-0.39, 0.29) is 12.1 Å². The lowest BCUT2D eigenvalue weighted by Crippen LogP contribution is -2.48. The minimum absolute atomic E-state index is 0.0669. The molecule has 0 bridgehead atoms. The van der Waals surface area contributed by atoms with Crippen LogP contribution in [-0.4, -0.2) is 12.1 Å². The Labute approximate surface area is 122 Å². The summed E-state index contributed by atoms with van der Waals surface area (Å²) in [4.78, 5) is 0. The minimum Gasteiger partial charge on any atom is -0.380 e. The number of hydrogen-bond acceptors (Lipinski definition) is 2. The van der Waals surface area contributed by atoms with Gasteiger partial charge in [0.25, 0.3) is 0 Å². The van der Waals surface area contributed by atoms with Crippen molar-refractivity contribution in [1.82, 2.24) is 5.54 Å². The Kier molecular flexibility index (Phi) is 5.41. The molecule has 0 radical (unpaired) electrons. The Bertz CT molecular complexity index is 411. The lowest BCUT2D eigenvalue weighted by atomic mass is 9.79. The molecule has 20 heavy (non-hydrogen) atoms. The van der Waals surface area contributed by atoms with Crippen LogP contribution in [0.1, 0.15) is 50.2 Å². The molecule has 1 aromatic rings. The van der Waals surface area contributed by atoms with Crippen molar-refractivity contribution in [2.24, 2.45) is 5.92 Å². The zero-order valence-corrected chi connectivity index (χ0v) is 12.9. The van der Waals surface area contributed by atoms with Gasteiger partial charge in [0, 0.05) is 11.7 Å². The molecule has 112 valence electrons. The van der Waals surface area contributed by atoms with Gasteiger partial charge in [-0.2, -0.15) is 5.54 Å². The number of benzene rings is 1. The first kappa shape index (κ1) is 15.3. The van der Waals surface area contributed by atoms with Crippen LogP contribution < -0.4 is 10.9 Å². The Balaban J connectivity index is 2.14. The summed E-state index contributed by atoms with van der Waals surface area (Å²) < 4.78 is 13.3. The van der Waals surface area contributed by atoms with Crippen molar-refractivity contribution in [3.63, 3.8) is 0 Å². The van der Waals surface area contributed by atoms with Gasteiger partial charge in [-0.25, -0.2) is 0 Å². The summed E-state index contributed by atoms with van der Waals surface area (Å²) in [5, 5.41) is 3.60. The van der Waals surface area contributed by atoms with Gasteiger partial charge in [-0.1, -0.05) is 38.0 Å². The third-order valence-electron chi connectivity index (χ3n) is 4.63. The van der Waals surface area contributed by atoms with E-state index in [1.165, 1.54) is 23.2 Å². The van der Waals surface area contributed by atoms with Gasteiger partial charge in [0.15, 0.2) is 0 Å². The van der Waals surface area contributed by atoms with Gasteiger partial charge in [0.1, 0.15) is 0 Å². The molecule has 0 aliphatic heterocycles. The zero-order chi connectivity index (χ0) is 14.5. The maximum atomic E-state index is 13.3. The number of nitrogens with one attached hydrogen (secondary N) is 2. The molecule has 1 fully saturated rings. The van der Waals surface area contributed by atoms with E-state index in [9.17, 15) is 4.48 Å². The molecule has 1 saturated carbocycles. The van der Waals surface area contributed by atoms with Crippen LogP contribution in [0.3, 0.4) is 0 Å². The van der Waals surface area contributed by atoms with E-state index in [1.54, 1.807) is 0 Å². The summed E-state index contributed by atoms with van der Waals surface area (Å²) >= 11 is 0. The smallest absolute Gasteiger partial charge is 0.0601 e. The number of anilines is 1. The molecule has 0 heterocycles. The maximum absolute atomic E-state index is 13.3. The Morgan fingerprint density at radius 1 is 1.20 bits per heavy atom. The van der Waals surface area contributed by atoms with Crippen molar-refractivity contribution in [1.29, 1.82) is 0 Å². The fourth-order valence-corrected chi connectivity index (χ4v) is 3.54. The van der Waals surface area contributed by atoms with Gasteiger partial charge < -0.3 is 5.32 Å². The van der Waals surface area contributed by atoms with Crippen molar-refractivity contribution in [3.8, 4) is 0 Å². The standard InChI is InChI=1S/C17H27FN2/c1-4-7-14-10-6-11-15(17(14)20-18)19-16-12(2)8-5-9-13(16)3/h5,8-9,14-15,17,19-20H,4,6-7,10-11H2,1-3H3. The van der Waals surface area contributed by atoms with Crippen LogP contribution >= 0.6 is 0 Å². The van der Waals surface area contributed by atoms with Crippen molar-refractivity contribution < 1.29 is 4.48 Å². The fraction of sp³-hybridized carbons (Fsp3) is 0.647. The van der Waals surface area contributed by atoms with Crippen LogP contribution in [0, 0.1) is 19.8 Å². The lowest BCUT2D eigenvalue weighted by Gasteiger charge is -2.38. The summed E-state index contributed by atoms with van der Waals surface area (Å²) in [6.45, 7) is 6.40. The fourth-order valence-electron chi connectivity index (χ4n) is 3.54. The maximum Gasteiger partial charge on any atom is 0.0601 e. The first-order valence-electron chi connectivity index (χ1n) is 7.86. The highest BCUT2D eigenvalue weighted by atomic mass is 19.2. The monoisotopic (exact) mass is 278 g/mol. The summed E-state index contributed by atoms with van der Waals surface area (Å²) in [7, 11) is 0. The van der Waals surface area contributed by atoms with E-state index in [0.29, 0.717) is 5.92 Å². The van der Waals surface area contributed by atoms with Gasteiger partial charge in [-0.15, -0.1) is 4.48 Å². The summed E-state index contributed by atoms with van der Waals surface area (Å²) in [6.07, 6.45) is 5.59. The largest absolute Gasteiger partial charge is 0.380 e. The second-order valence-corrected chi connectivity index (χ2v) is 6.13. The Hall–Kier alpha value is -1.09. The zero-order valence-electron chi connectivity index (χ0n) is 12.9. The van der Waals surface area contributed by atoms with E-state index >= 15 is 0 Å². The molecule has 0 spiro atoms. The van der Waals surface area contributed by atoms with Crippen LogP contribution in [0.15, 0.2) is 18.2 Å². The third-order valence-corrected chi connectivity index (χ3v) is 4.63. The first-order valence-corrected chi connectivity index (χ1v) is 7.86. The summed E-state index contributed by atoms with van der Waals surface area (Å²) in [6, 6.07) is 6.41. The highest BCUT2D eigenvalue weighted by Crippen LogP contribution is 2.32. The van der Waals surface area contributed by atoms with Crippen LogP contribution in [0.25, 0.3) is 0 Å². The van der Waals surface area contributed by atoms with Gasteiger partial charge >= 0.3 is 0 Å². The topological polar surface area (TPSA) is 24.1 Å². The minimum atomic E-state index is -0.0669. The predicted molar refractivity (Wildman–Crippen MR) is 83.6 cm³/mol. The van der Waals surface area contributed by atoms with Gasteiger partial charge in [0.05, 0.1) is 6.04 Å². The molecule has 2 rings (SSSR count). The van der Waals surface area contributed by atoms with Gasteiger partial charge in [-0.05, 0) is 50.2 Å². The molecule has 0 aromatic heterocycles. The normalized spacial score (nSPS) is 26.5. The molecule has 3 atom stereocenters. The molecule has 3 unspecified atom stereocenters. The van der Waals surface area contributed by atoms with Crippen LogP contribution in [0.4, 0.5) is 10.2 Å². The van der Waals surface area contributed by atoms with E-state index in [1.807, 2.05) is 0 Å². The molecule has 1 aliphatic carbocycles. The summed E-state index contributed by atoms with van der Waals surface area (Å²) in [5.74, 6) is 0.445. The van der Waals surface area contributed by atoms with Gasteiger partial charge in [-0.3, -0.25) is 0 Å². The second-order valence-electron chi connectivity index (χ2n) is 6.13. The lowest BCUT2D eigenvalue weighted by molar-refractivity contribution is 0.147. The molecular weight excluding hydrogens is 251 g/mol. The number of hydrogen-bond donors (Lipinski definition) is 2. The molecule has 0 saturated heterocycles. The molecule has 3 heteroatoms. The predicted octanol–water partition coefficient (Wildman–Crippen LogP) is 4.53. The number of rotatable bonds is 5. The average Bonchev–Trinajstić information content (AvgIpc) is 2.43. The molecular formula is C17H27FN2. The Morgan fingerprint density at radius 3 is 2.50 bits per heavy atom. The number of halogens is 1. The molecule has 1 aliphatic rings. The van der Waals surface area contributed by atoms with E-state index in [4.69, 9.17) is 0 Å². The molecule has 2 nitrogen and oxygen atoms in total.